The largest absolute Gasteiger partial charge is 0.489 e. The third-order valence-electron chi connectivity index (χ3n) is 4.85. The second-order valence-electron chi connectivity index (χ2n) is 6.92. The number of halogens is 1. The summed E-state index contributed by atoms with van der Waals surface area (Å²) in [5.41, 5.74) is 2.37. The minimum absolute atomic E-state index is 0. The first-order chi connectivity index (χ1) is 12.8. The quantitative estimate of drug-likeness (QED) is 0.688. The molecule has 5 heteroatoms. The summed E-state index contributed by atoms with van der Waals surface area (Å²) in [6, 6.07) is 18.3. The van der Waals surface area contributed by atoms with Crippen LogP contribution in [0.1, 0.15) is 30.4 Å². The average molecular weight is 389 g/mol. The number of ether oxygens (including phenoxy) is 1. The van der Waals surface area contributed by atoms with Gasteiger partial charge in [-0.05, 0) is 61.5 Å². The summed E-state index contributed by atoms with van der Waals surface area (Å²) >= 11 is 0. The van der Waals surface area contributed by atoms with Crippen LogP contribution in [-0.2, 0) is 17.8 Å². The van der Waals surface area contributed by atoms with Gasteiger partial charge >= 0.3 is 0 Å². The van der Waals surface area contributed by atoms with Crippen molar-refractivity contribution in [3.63, 3.8) is 0 Å². The van der Waals surface area contributed by atoms with Crippen molar-refractivity contribution >= 4 is 18.3 Å². The van der Waals surface area contributed by atoms with E-state index in [2.05, 4.69) is 34.9 Å². The van der Waals surface area contributed by atoms with Crippen LogP contribution in [0.5, 0.6) is 5.75 Å². The fourth-order valence-electron chi connectivity index (χ4n) is 3.22. The Hall–Kier alpha value is -2.04. The lowest BCUT2D eigenvalue weighted by atomic mass is 10.0. The molecule has 0 saturated carbocycles. The van der Waals surface area contributed by atoms with E-state index >= 15 is 0 Å². The first-order valence-corrected chi connectivity index (χ1v) is 9.53. The molecular weight excluding hydrogens is 360 g/mol. The smallest absolute Gasteiger partial charge is 0.220 e. The highest BCUT2D eigenvalue weighted by Gasteiger charge is 2.15. The lowest BCUT2D eigenvalue weighted by Gasteiger charge is -2.09. The van der Waals surface area contributed by atoms with Crippen LogP contribution in [0.3, 0.4) is 0 Å². The maximum absolute atomic E-state index is 11.9. The second-order valence-corrected chi connectivity index (χ2v) is 6.92. The van der Waals surface area contributed by atoms with Crippen molar-refractivity contribution in [1.82, 2.24) is 10.6 Å². The molecule has 0 spiro atoms. The fraction of sp³-hybridized carbons (Fsp3) is 0.409. The van der Waals surface area contributed by atoms with Crippen LogP contribution in [0.25, 0.3) is 0 Å². The van der Waals surface area contributed by atoms with Crippen LogP contribution in [0.4, 0.5) is 0 Å². The molecule has 2 aromatic carbocycles. The van der Waals surface area contributed by atoms with E-state index in [9.17, 15) is 4.79 Å². The Morgan fingerprint density at radius 3 is 2.56 bits per heavy atom. The van der Waals surface area contributed by atoms with Gasteiger partial charge in [-0.2, -0.15) is 0 Å². The minimum Gasteiger partial charge on any atom is -0.489 e. The van der Waals surface area contributed by atoms with Gasteiger partial charge in [-0.1, -0.05) is 42.5 Å². The molecule has 1 fully saturated rings. The normalized spacial score (nSPS) is 15.8. The number of nitrogens with one attached hydrogen (secondary N) is 2. The molecule has 2 N–H and O–H groups in total. The van der Waals surface area contributed by atoms with E-state index in [-0.39, 0.29) is 18.3 Å². The molecule has 2 aromatic rings. The molecule has 1 aliphatic heterocycles. The van der Waals surface area contributed by atoms with Crippen molar-refractivity contribution in [1.29, 1.82) is 0 Å². The van der Waals surface area contributed by atoms with Gasteiger partial charge in [0.1, 0.15) is 12.4 Å². The number of carbonyl (C=O) groups is 1. The van der Waals surface area contributed by atoms with Crippen LogP contribution in [0, 0.1) is 5.92 Å². The highest BCUT2D eigenvalue weighted by atomic mass is 35.5. The summed E-state index contributed by atoms with van der Waals surface area (Å²) in [6.07, 6.45) is 3.67. The summed E-state index contributed by atoms with van der Waals surface area (Å²) < 4.78 is 5.80. The molecule has 4 nitrogen and oxygen atoms in total. The fourth-order valence-corrected chi connectivity index (χ4v) is 3.22. The Kier molecular flexibility index (Phi) is 9.16. The first-order valence-electron chi connectivity index (χ1n) is 9.53. The maximum atomic E-state index is 11.9. The van der Waals surface area contributed by atoms with Crippen LogP contribution in [0.15, 0.2) is 54.6 Å². The third kappa shape index (κ3) is 7.61. The summed E-state index contributed by atoms with van der Waals surface area (Å²) in [6.45, 7) is 3.42. The van der Waals surface area contributed by atoms with Gasteiger partial charge in [0.15, 0.2) is 0 Å². The van der Waals surface area contributed by atoms with Gasteiger partial charge in [0.25, 0.3) is 0 Å². The lowest BCUT2D eigenvalue weighted by Crippen LogP contribution is -2.26. The lowest BCUT2D eigenvalue weighted by molar-refractivity contribution is -0.121. The zero-order chi connectivity index (χ0) is 18.0. The van der Waals surface area contributed by atoms with E-state index in [0.717, 1.165) is 37.2 Å². The molecule has 1 saturated heterocycles. The van der Waals surface area contributed by atoms with Gasteiger partial charge in [0.2, 0.25) is 5.91 Å². The molecule has 1 aliphatic rings. The maximum Gasteiger partial charge on any atom is 0.220 e. The van der Waals surface area contributed by atoms with Crippen LogP contribution in [-0.4, -0.2) is 25.5 Å². The number of carbonyl (C=O) groups excluding carboxylic acids is 1. The SMILES string of the molecule is Cl.O=C(CCC1CCNC1)NCCc1ccc(OCc2ccccc2)cc1. The van der Waals surface area contributed by atoms with E-state index in [0.29, 0.717) is 25.5 Å². The van der Waals surface area contributed by atoms with Gasteiger partial charge in [-0.3, -0.25) is 4.79 Å². The predicted octanol–water partition coefficient (Wildman–Crippen LogP) is 3.74. The zero-order valence-electron chi connectivity index (χ0n) is 15.7. The molecular formula is C22H29ClN2O2. The molecule has 1 amide bonds. The van der Waals surface area contributed by atoms with E-state index < -0.39 is 0 Å². The van der Waals surface area contributed by atoms with E-state index in [1.165, 1.54) is 12.0 Å². The molecule has 1 atom stereocenters. The second kappa shape index (κ2) is 11.6. The van der Waals surface area contributed by atoms with Crippen LogP contribution in [0.2, 0.25) is 0 Å². The number of hydrogen-bond acceptors (Lipinski definition) is 3. The summed E-state index contributed by atoms with van der Waals surface area (Å²) in [5, 5.41) is 6.37. The Balaban J connectivity index is 0.00000261. The van der Waals surface area contributed by atoms with E-state index in [1.54, 1.807) is 0 Å². The molecule has 27 heavy (non-hydrogen) atoms. The minimum atomic E-state index is 0. The Morgan fingerprint density at radius 1 is 1.07 bits per heavy atom. The van der Waals surface area contributed by atoms with Gasteiger partial charge < -0.3 is 15.4 Å². The molecule has 1 heterocycles. The Morgan fingerprint density at radius 2 is 1.85 bits per heavy atom. The average Bonchev–Trinajstić information content (AvgIpc) is 3.20. The van der Waals surface area contributed by atoms with Crippen molar-refractivity contribution < 1.29 is 9.53 Å². The van der Waals surface area contributed by atoms with Crippen molar-refractivity contribution in [3.05, 3.63) is 65.7 Å². The molecule has 0 aromatic heterocycles. The van der Waals surface area contributed by atoms with Gasteiger partial charge in [0, 0.05) is 13.0 Å². The first kappa shape index (κ1) is 21.3. The number of benzene rings is 2. The predicted molar refractivity (Wildman–Crippen MR) is 111 cm³/mol. The van der Waals surface area contributed by atoms with Gasteiger partial charge in [-0.15, -0.1) is 12.4 Å². The summed E-state index contributed by atoms with van der Waals surface area (Å²) in [4.78, 5) is 11.9. The van der Waals surface area contributed by atoms with Crippen LogP contribution < -0.4 is 15.4 Å². The molecule has 0 radical (unpaired) electrons. The monoisotopic (exact) mass is 388 g/mol. The van der Waals surface area contributed by atoms with Gasteiger partial charge in [0.05, 0.1) is 0 Å². The zero-order valence-corrected chi connectivity index (χ0v) is 16.5. The molecule has 0 aliphatic carbocycles. The third-order valence-corrected chi connectivity index (χ3v) is 4.85. The highest BCUT2D eigenvalue weighted by molar-refractivity contribution is 5.85. The summed E-state index contributed by atoms with van der Waals surface area (Å²) in [7, 11) is 0. The Labute approximate surface area is 168 Å². The number of amides is 1. The topological polar surface area (TPSA) is 50.4 Å². The molecule has 3 rings (SSSR count). The number of rotatable bonds is 9. The Bertz CT molecular complexity index is 670. The van der Waals surface area contributed by atoms with Crippen molar-refractivity contribution in [2.24, 2.45) is 5.92 Å². The highest BCUT2D eigenvalue weighted by Crippen LogP contribution is 2.15. The number of hydrogen-bond donors (Lipinski definition) is 2. The van der Waals surface area contributed by atoms with Crippen molar-refractivity contribution in [2.75, 3.05) is 19.6 Å². The molecule has 1 unspecified atom stereocenters. The molecule has 146 valence electrons. The van der Waals surface area contributed by atoms with Crippen LogP contribution >= 0.6 is 12.4 Å². The van der Waals surface area contributed by atoms with E-state index in [4.69, 9.17) is 4.74 Å². The van der Waals surface area contributed by atoms with Crippen molar-refractivity contribution in [3.8, 4) is 5.75 Å². The summed E-state index contributed by atoms with van der Waals surface area (Å²) in [5.74, 6) is 1.70. The van der Waals surface area contributed by atoms with Crippen molar-refractivity contribution in [2.45, 2.75) is 32.3 Å². The standard InChI is InChI=1S/C22H28N2O2.ClH/c25-22(11-8-19-12-14-23-16-19)24-15-13-18-6-9-21(10-7-18)26-17-20-4-2-1-3-5-20;/h1-7,9-10,19,23H,8,11-17H2,(H,24,25);1H. The molecule has 0 bridgehead atoms. The van der Waals surface area contributed by atoms with Gasteiger partial charge in [-0.25, -0.2) is 0 Å². The van der Waals surface area contributed by atoms with E-state index in [1.807, 2.05) is 30.3 Å².